The van der Waals surface area contributed by atoms with Gasteiger partial charge in [0.2, 0.25) is 5.91 Å². The minimum Gasteiger partial charge on any atom is -0.346 e. The monoisotopic (exact) mass is 357 g/mol. The Kier molecular flexibility index (Phi) is 4.49. The van der Waals surface area contributed by atoms with E-state index in [1.54, 1.807) is 18.2 Å². The number of hydrogen-bond donors (Lipinski definition) is 2. The van der Waals surface area contributed by atoms with Gasteiger partial charge in [0.25, 0.3) is 0 Å². The van der Waals surface area contributed by atoms with Crippen molar-refractivity contribution >= 4 is 28.7 Å². The Hall–Kier alpha value is -3.73. The highest BCUT2D eigenvalue weighted by Crippen LogP contribution is 2.23. The highest BCUT2D eigenvalue weighted by molar-refractivity contribution is 6.02. The Labute approximate surface area is 155 Å². The van der Waals surface area contributed by atoms with Gasteiger partial charge in [-0.15, -0.1) is 0 Å². The van der Waals surface area contributed by atoms with E-state index >= 15 is 0 Å². The number of para-hydroxylation sites is 1. The molecule has 5 heteroatoms. The van der Waals surface area contributed by atoms with Crippen molar-refractivity contribution in [3.63, 3.8) is 0 Å². The summed E-state index contributed by atoms with van der Waals surface area (Å²) < 4.78 is 13.6. The summed E-state index contributed by atoms with van der Waals surface area (Å²) in [7, 11) is 0. The van der Waals surface area contributed by atoms with E-state index in [1.807, 2.05) is 42.7 Å². The molecule has 1 amide bonds. The number of rotatable bonds is 4. The summed E-state index contributed by atoms with van der Waals surface area (Å²) in [4.78, 5) is 19.5. The minimum atomic E-state index is -0.464. The van der Waals surface area contributed by atoms with E-state index in [9.17, 15) is 9.18 Å². The topological polar surface area (TPSA) is 57.8 Å². The van der Waals surface area contributed by atoms with Crippen LogP contribution in [0.2, 0.25) is 0 Å². The Morgan fingerprint density at radius 3 is 2.81 bits per heavy atom. The van der Waals surface area contributed by atoms with Crippen LogP contribution in [0.5, 0.6) is 0 Å². The van der Waals surface area contributed by atoms with Gasteiger partial charge in [-0.05, 0) is 47.5 Å². The first-order valence-corrected chi connectivity index (χ1v) is 8.46. The molecule has 0 aliphatic rings. The smallest absolute Gasteiger partial charge is 0.248 e. The maximum atomic E-state index is 13.6. The summed E-state index contributed by atoms with van der Waals surface area (Å²) in [6, 6.07) is 17.9. The quantitative estimate of drug-likeness (QED) is 0.504. The van der Waals surface area contributed by atoms with Crippen LogP contribution in [-0.4, -0.2) is 15.9 Å². The highest BCUT2D eigenvalue weighted by Gasteiger charge is 2.04. The average Bonchev–Trinajstić information content (AvgIpc) is 3.16. The third kappa shape index (κ3) is 3.77. The second-order valence-corrected chi connectivity index (χ2v) is 6.07. The molecule has 0 atom stereocenters. The predicted molar refractivity (Wildman–Crippen MR) is 106 cm³/mol. The molecule has 0 aliphatic carbocycles. The van der Waals surface area contributed by atoms with Gasteiger partial charge in [0.15, 0.2) is 0 Å². The van der Waals surface area contributed by atoms with Gasteiger partial charge < -0.3 is 10.3 Å². The van der Waals surface area contributed by atoms with E-state index in [0.29, 0.717) is 0 Å². The molecule has 0 unspecified atom stereocenters. The van der Waals surface area contributed by atoms with E-state index in [2.05, 4.69) is 21.4 Å². The van der Waals surface area contributed by atoms with Crippen molar-refractivity contribution in [2.24, 2.45) is 0 Å². The summed E-state index contributed by atoms with van der Waals surface area (Å²) in [6.45, 7) is 0. The van der Waals surface area contributed by atoms with E-state index in [4.69, 9.17) is 0 Å². The third-order valence-corrected chi connectivity index (χ3v) is 4.18. The molecule has 0 saturated carbocycles. The second kappa shape index (κ2) is 7.25. The van der Waals surface area contributed by atoms with Crippen molar-refractivity contribution in [3.8, 4) is 11.1 Å². The fourth-order valence-corrected chi connectivity index (χ4v) is 2.83. The van der Waals surface area contributed by atoms with E-state index in [-0.39, 0.29) is 11.6 Å². The predicted octanol–water partition coefficient (Wildman–Crippen LogP) is 5.02. The van der Waals surface area contributed by atoms with Crippen LogP contribution >= 0.6 is 0 Å². The van der Waals surface area contributed by atoms with Crippen LogP contribution in [0.15, 0.2) is 79.1 Å². The molecule has 132 valence electrons. The average molecular weight is 357 g/mol. The molecule has 2 N–H and O–H groups in total. The van der Waals surface area contributed by atoms with E-state index in [1.165, 1.54) is 18.2 Å². The number of hydrogen-bond acceptors (Lipinski definition) is 2. The first kappa shape index (κ1) is 16.7. The SMILES string of the molecule is O=C(C=Cc1cccc(-c2cnc3[nH]ccc3c2)c1)Nc1ccccc1F. The molecule has 2 aromatic heterocycles. The lowest BCUT2D eigenvalue weighted by Crippen LogP contribution is -2.08. The Morgan fingerprint density at radius 2 is 1.93 bits per heavy atom. The number of nitrogens with zero attached hydrogens (tertiary/aromatic N) is 1. The van der Waals surface area contributed by atoms with Gasteiger partial charge in [-0.1, -0.05) is 30.3 Å². The van der Waals surface area contributed by atoms with Crippen molar-refractivity contribution in [3.05, 3.63) is 90.5 Å². The second-order valence-electron chi connectivity index (χ2n) is 6.07. The lowest BCUT2D eigenvalue weighted by Gasteiger charge is -2.04. The minimum absolute atomic E-state index is 0.159. The molecule has 4 rings (SSSR count). The number of benzene rings is 2. The molecule has 0 bridgehead atoms. The molecule has 0 spiro atoms. The van der Waals surface area contributed by atoms with Gasteiger partial charge in [-0.2, -0.15) is 0 Å². The number of aromatic nitrogens is 2. The summed E-state index contributed by atoms with van der Waals surface area (Å²) in [5.74, 6) is -0.852. The van der Waals surface area contributed by atoms with Crippen molar-refractivity contribution < 1.29 is 9.18 Å². The van der Waals surface area contributed by atoms with Crippen LogP contribution in [0.3, 0.4) is 0 Å². The molecule has 27 heavy (non-hydrogen) atoms. The van der Waals surface area contributed by atoms with Crippen LogP contribution in [0.25, 0.3) is 28.2 Å². The third-order valence-electron chi connectivity index (χ3n) is 4.18. The number of carbonyl (C=O) groups is 1. The molecule has 4 nitrogen and oxygen atoms in total. The molecule has 2 heterocycles. The maximum Gasteiger partial charge on any atom is 0.248 e. The number of aromatic amines is 1. The normalized spacial score (nSPS) is 11.1. The molecule has 0 radical (unpaired) electrons. The molecule has 0 saturated heterocycles. The molecular weight excluding hydrogens is 341 g/mol. The zero-order valence-electron chi connectivity index (χ0n) is 14.3. The summed E-state index contributed by atoms with van der Waals surface area (Å²) in [6.07, 6.45) is 6.75. The number of H-pyrrole nitrogens is 1. The zero-order chi connectivity index (χ0) is 18.6. The van der Waals surface area contributed by atoms with Crippen LogP contribution in [-0.2, 0) is 4.79 Å². The summed E-state index contributed by atoms with van der Waals surface area (Å²) >= 11 is 0. The van der Waals surface area contributed by atoms with Crippen molar-refractivity contribution in [2.45, 2.75) is 0 Å². The fraction of sp³-hybridized carbons (Fsp3) is 0. The lowest BCUT2D eigenvalue weighted by molar-refractivity contribution is -0.111. The number of anilines is 1. The van der Waals surface area contributed by atoms with Gasteiger partial charge in [0.05, 0.1) is 5.69 Å². The van der Waals surface area contributed by atoms with Crippen LogP contribution < -0.4 is 5.32 Å². The summed E-state index contributed by atoms with van der Waals surface area (Å²) in [5, 5.41) is 3.57. The molecule has 0 aliphatic heterocycles. The van der Waals surface area contributed by atoms with Gasteiger partial charge in [0, 0.05) is 29.4 Å². The summed E-state index contributed by atoms with van der Waals surface area (Å²) in [5.41, 5.74) is 3.87. The number of carbonyl (C=O) groups excluding carboxylic acids is 1. The first-order chi connectivity index (χ1) is 13.2. The van der Waals surface area contributed by atoms with Crippen LogP contribution in [0.4, 0.5) is 10.1 Å². The molecule has 0 fully saturated rings. The Balaban J connectivity index is 1.52. The Bertz CT molecular complexity index is 1150. The lowest BCUT2D eigenvalue weighted by atomic mass is 10.0. The van der Waals surface area contributed by atoms with E-state index < -0.39 is 5.82 Å². The number of fused-ring (bicyclic) bond motifs is 1. The van der Waals surface area contributed by atoms with Gasteiger partial charge in [-0.3, -0.25) is 4.79 Å². The fourth-order valence-electron chi connectivity index (χ4n) is 2.83. The first-order valence-electron chi connectivity index (χ1n) is 8.46. The Morgan fingerprint density at radius 1 is 1.04 bits per heavy atom. The van der Waals surface area contributed by atoms with Gasteiger partial charge >= 0.3 is 0 Å². The number of pyridine rings is 1. The highest BCUT2D eigenvalue weighted by atomic mass is 19.1. The maximum absolute atomic E-state index is 13.6. The molecule has 4 aromatic rings. The van der Waals surface area contributed by atoms with Crippen molar-refractivity contribution in [1.82, 2.24) is 9.97 Å². The zero-order valence-corrected chi connectivity index (χ0v) is 14.3. The number of nitrogens with one attached hydrogen (secondary N) is 2. The number of amides is 1. The van der Waals surface area contributed by atoms with Crippen LogP contribution in [0, 0.1) is 5.82 Å². The standard InChI is InChI=1S/C22H16FN3O/c23-19-6-1-2-7-20(19)26-21(27)9-8-15-4-3-5-16(12-15)18-13-17-10-11-24-22(17)25-14-18/h1-14H,(H,24,25)(H,26,27). The van der Waals surface area contributed by atoms with Crippen LogP contribution in [0.1, 0.15) is 5.56 Å². The largest absolute Gasteiger partial charge is 0.346 e. The molecule has 2 aromatic carbocycles. The van der Waals surface area contributed by atoms with Crippen molar-refractivity contribution in [2.75, 3.05) is 5.32 Å². The van der Waals surface area contributed by atoms with E-state index in [0.717, 1.165) is 27.7 Å². The van der Waals surface area contributed by atoms with Crippen molar-refractivity contribution in [1.29, 1.82) is 0 Å². The van der Waals surface area contributed by atoms with Gasteiger partial charge in [-0.25, -0.2) is 9.37 Å². The number of halogens is 1. The van der Waals surface area contributed by atoms with Gasteiger partial charge in [0.1, 0.15) is 11.5 Å². The molecular formula is C22H16FN3O.